The van der Waals surface area contributed by atoms with Crippen molar-refractivity contribution in [1.82, 2.24) is 19.6 Å². The molecule has 0 amide bonds. The van der Waals surface area contributed by atoms with Gasteiger partial charge in [0.1, 0.15) is 12.1 Å². The second-order valence-corrected chi connectivity index (χ2v) is 20.9. The fraction of sp³-hybridized carbons (Fsp3) is 0.847. The van der Waals surface area contributed by atoms with Crippen molar-refractivity contribution in [1.29, 1.82) is 0 Å². The molecule has 1 saturated heterocycles. The minimum atomic E-state index is -0.805. The molecule has 3 unspecified atom stereocenters. The van der Waals surface area contributed by atoms with Crippen LogP contribution in [0.3, 0.4) is 0 Å². The number of benzene rings is 1. The largest absolute Gasteiger partial charge is 0.480 e. The second kappa shape index (κ2) is 43.1. The van der Waals surface area contributed by atoms with E-state index in [1.807, 2.05) is 0 Å². The van der Waals surface area contributed by atoms with E-state index in [1.165, 1.54) is 152 Å². The first kappa shape index (κ1) is 62.6. The van der Waals surface area contributed by atoms with Crippen LogP contribution >= 0.6 is 0 Å². The van der Waals surface area contributed by atoms with Crippen LogP contribution in [0.25, 0.3) is 0 Å². The highest BCUT2D eigenvalue weighted by molar-refractivity contribution is 5.74. The molecular formula is C59H108N4O6. The lowest BCUT2D eigenvalue weighted by molar-refractivity contribution is -0.148. The molecule has 0 saturated carbocycles. The molecule has 0 radical (unpaired) electrons. The third kappa shape index (κ3) is 30.8. The van der Waals surface area contributed by atoms with Crippen LogP contribution in [-0.4, -0.2) is 119 Å². The number of aryl methyl sites for hydroxylation is 1. The van der Waals surface area contributed by atoms with Crippen LogP contribution in [0.2, 0.25) is 0 Å². The van der Waals surface area contributed by atoms with Gasteiger partial charge in [0.15, 0.2) is 6.23 Å². The predicted octanol–water partition coefficient (Wildman–Crippen LogP) is 14.3. The van der Waals surface area contributed by atoms with Gasteiger partial charge in [0, 0.05) is 58.9 Å². The Kier molecular flexibility index (Phi) is 39.1. The molecule has 0 aliphatic carbocycles. The van der Waals surface area contributed by atoms with E-state index in [-0.39, 0.29) is 6.23 Å². The maximum absolute atomic E-state index is 13.2. The summed E-state index contributed by atoms with van der Waals surface area (Å²) < 4.78 is 5.93. The van der Waals surface area contributed by atoms with E-state index in [0.717, 1.165) is 77.3 Å². The van der Waals surface area contributed by atoms with Gasteiger partial charge in [-0.05, 0) is 49.7 Å². The molecule has 0 aromatic heterocycles. The fourth-order valence-corrected chi connectivity index (χ4v) is 10.5. The van der Waals surface area contributed by atoms with Gasteiger partial charge in [-0.3, -0.25) is 34.0 Å². The Morgan fingerprint density at radius 1 is 0.449 bits per heavy atom. The third-order valence-corrected chi connectivity index (χ3v) is 15.0. The van der Waals surface area contributed by atoms with E-state index in [1.54, 1.807) is 0 Å². The van der Waals surface area contributed by atoms with Gasteiger partial charge in [-0.15, -0.1) is 0 Å². The van der Waals surface area contributed by atoms with E-state index in [2.05, 4.69) is 71.6 Å². The minimum absolute atomic E-state index is 0.383. The molecule has 2 rings (SSSR count). The summed E-state index contributed by atoms with van der Waals surface area (Å²) in [5.41, 5.74) is 2.63. The van der Waals surface area contributed by atoms with E-state index in [0.29, 0.717) is 65.1 Å². The number of carbonyl (C=O) groups is 3. The first-order valence-corrected chi connectivity index (χ1v) is 29.3. The number of ether oxygens (including phenoxy) is 1. The van der Waals surface area contributed by atoms with Crippen molar-refractivity contribution in [3.8, 4) is 0 Å². The van der Waals surface area contributed by atoms with E-state index in [4.69, 9.17) is 4.74 Å². The van der Waals surface area contributed by atoms with Crippen molar-refractivity contribution in [2.45, 2.75) is 271 Å². The number of unbranched alkanes of at least 4 members (excludes halogenated alkanes) is 26. The van der Waals surface area contributed by atoms with Crippen molar-refractivity contribution < 1.29 is 29.3 Å². The molecule has 1 heterocycles. The van der Waals surface area contributed by atoms with Gasteiger partial charge in [0.25, 0.3) is 6.47 Å². The summed E-state index contributed by atoms with van der Waals surface area (Å²) in [6, 6.07) is 7.85. The van der Waals surface area contributed by atoms with Crippen molar-refractivity contribution in [2.24, 2.45) is 0 Å². The van der Waals surface area contributed by atoms with Gasteiger partial charge < -0.3 is 14.9 Å². The zero-order valence-corrected chi connectivity index (χ0v) is 45.3. The predicted molar refractivity (Wildman–Crippen MR) is 289 cm³/mol. The van der Waals surface area contributed by atoms with Crippen LogP contribution in [0.5, 0.6) is 0 Å². The summed E-state index contributed by atoms with van der Waals surface area (Å²) >= 11 is 0. The smallest absolute Gasteiger partial charge is 0.320 e. The Labute approximate surface area is 424 Å². The number of rotatable bonds is 43. The molecule has 1 aliphatic rings. The molecule has 1 fully saturated rings. The Hall–Kier alpha value is -2.53. The summed E-state index contributed by atoms with van der Waals surface area (Å²) in [6.45, 7) is 15.0. The maximum Gasteiger partial charge on any atom is 0.320 e. The fourth-order valence-electron chi connectivity index (χ4n) is 10.5. The van der Waals surface area contributed by atoms with E-state index >= 15 is 0 Å². The Morgan fingerprint density at radius 3 is 1.16 bits per heavy atom. The van der Waals surface area contributed by atoms with Crippen LogP contribution in [-0.2, 0) is 32.1 Å². The van der Waals surface area contributed by atoms with Gasteiger partial charge in [0.2, 0.25) is 0 Å². The highest BCUT2D eigenvalue weighted by Gasteiger charge is 2.31. The summed E-state index contributed by atoms with van der Waals surface area (Å²) in [5, 5.41) is 21.7. The molecule has 3 atom stereocenters. The average Bonchev–Trinajstić information content (AvgIpc) is 3.34. The van der Waals surface area contributed by atoms with Crippen molar-refractivity contribution >= 4 is 18.4 Å². The average molecular weight is 970 g/mol. The number of carboxylic acid groups (broad SMARTS) is 2. The Bertz CT molecular complexity index is 1360. The Balaban J connectivity index is 2.40. The molecule has 69 heavy (non-hydrogen) atoms. The van der Waals surface area contributed by atoms with Crippen LogP contribution in [0, 0.1) is 0 Å². The molecule has 1 aliphatic heterocycles. The molecule has 2 N–H and O–H groups in total. The molecule has 10 heteroatoms. The number of hydrogen-bond acceptors (Lipinski definition) is 8. The number of nitrogens with zero attached hydrogens (tertiary/aromatic N) is 4. The number of carboxylic acids is 2. The number of hydrogen-bond donors (Lipinski definition) is 2. The van der Waals surface area contributed by atoms with Gasteiger partial charge in [-0.1, -0.05) is 232 Å². The minimum Gasteiger partial charge on any atom is -0.480 e. The van der Waals surface area contributed by atoms with Crippen molar-refractivity contribution in [2.75, 3.05) is 52.4 Å². The lowest BCUT2D eigenvalue weighted by Crippen LogP contribution is -2.54. The summed E-state index contributed by atoms with van der Waals surface area (Å²) in [5.74, 6) is -1.58. The summed E-state index contributed by atoms with van der Waals surface area (Å²) in [7, 11) is 0. The van der Waals surface area contributed by atoms with Gasteiger partial charge in [-0.25, -0.2) is 0 Å². The second-order valence-electron chi connectivity index (χ2n) is 20.9. The lowest BCUT2D eigenvalue weighted by Gasteiger charge is -2.39. The molecule has 1 aromatic rings. The highest BCUT2D eigenvalue weighted by atomic mass is 16.5. The first-order valence-electron chi connectivity index (χ1n) is 29.3. The molecule has 0 bridgehead atoms. The molecule has 400 valence electrons. The quantitative estimate of drug-likeness (QED) is 0.0484. The topological polar surface area (TPSA) is 114 Å². The van der Waals surface area contributed by atoms with Crippen LogP contribution in [0.4, 0.5) is 0 Å². The first-order chi connectivity index (χ1) is 33.8. The molecule has 0 spiro atoms. The van der Waals surface area contributed by atoms with Crippen molar-refractivity contribution in [3.05, 3.63) is 35.4 Å². The number of carbonyl (C=O) groups excluding carboxylic acids is 1. The highest BCUT2D eigenvalue weighted by Crippen LogP contribution is 2.21. The van der Waals surface area contributed by atoms with E-state index in [9.17, 15) is 24.6 Å². The molecule has 10 nitrogen and oxygen atoms in total. The van der Waals surface area contributed by atoms with Crippen molar-refractivity contribution in [3.63, 3.8) is 0 Å². The summed E-state index contributed by atoms with van der Waals surface area (Å²) in [6.07, 6.45) is 38.5. The maximum atomic E-state index is 13.2. The number of aliphatic carboxylic acids is 2. The third-order valence-electron chi connectivity index (χ3n) is 15.0. The molecule has 1 aromatic carbocycles. The van der Waals surface area contributed by atoms with Crippen LogP contribution < -0.4 is 0 Å². The van der Waals surface area contributed by atoms with Crippen LogP contribution in [0.15, 0.2) is 24.3 Å². The van der Waals surface area contributed by atoms with Crippen LogP contribution in [0.1, 0.15) is 251 Å². The van der Waals surface area contributed by atoms with Gasteiger partial charge in [-0.2, -0.15) is 0 Å². The van der Waals surface area contributed by atoms with Gasteiger partial charge >= 0.3 is 11.9 Å². The van der Waals surface area contributed by atoms with Gasteiger partial charge in [0.05, 0.1) is 0 Å². The zero-order valence-electron chi connectivity index (χ0n) is 45.3. The standard InChI is InChI=1S/C59H108N4O6/c1-5-9-13-17-21-24-28-32-36-55(58(65)66)61-45-43-60(51-54-41-39-53(40-42-54)35-31-27-20-16-12-8-4)44-46-63(57(69-52-64)38-34-30-26-23-19-15-11-7-3)50-49-62(48-47-61)56(59(67)68)37-33-29-25-22-18-14-10-6-2/h39-42,52,55-57H,5-38,43-51H2,1-4H3,(H,65,66)(H,67,68). The molecular weight excluding hydrogens is 861 g/mol. The zero-order chi connectivity index (χ0) is 50.0. The normalized spacial score (nSPS) is 16.4. The summed E-state index contributed by atoms with van der Waals surface area (Å²) in [4.78, 5) is 47.7. The monoisotopic (exact) mass is 969 g/mol. The Morgan fingerprint density at radius 2 is 0.768 bits per heavy atom. The lowest BCUT2D eigenvalue weighted by atomic mass is 10.0. The SMILES string of the molecule is CCCCCCCCCCC(OC=O)N1CCN(Cc2ccc(CCCCCCCC)cc2)CCN(C(CCCCCCCCCC)C(=O)O)CCN(C(CCCCCCCCCC)C(=O)O)CC1. The van der Waals surface area contributed by atoms with E-state index < -0.39 is 24.0 Å².